The van der Waals surface area contributed by atoms with E-state index in [-0.39, 0.29) is 16.7 Å². The number of hydrogen-bond donors (Lipinski definition) is 2. The van der Waals surface area contributed by atoms with Crippen molar-refractivity contribution in [1.82, 2.24) is 14.5 Å². The number of aromatic nitrogens is 3. The number of imidazole rings is 1. The van der Waals surface area contributed by atoms with Gasteiger partial charge in [0.25, 0.3) is 0 Å². The lowest BCUT2D eigenvalue weighted by molar-refractivity contribution is -0.122. The highest BCUT2D eigenvalue weighted by Crippen LogP contribution is 2.25. The first-order valence-corrected chi connectivity index (χ1v) is 8.18. The molecule has 0 unspecified atom stereocenters. The number of carbonyl (C=O) groups is 1. The largest absolute Gasteiger partial charge is 0.384 e. The maximum absolute atomic E-state index is 13.3. The van der Waals surface area contributed by atoms with Gasteiger partial charge in [-0.1, -0.05) is 11.6 Å². The zero-order chi connectivity index (χ0) is 19.6. The van der Waals surface area contributed by atoms with Crippen LogP contribution in [0, 0.1) is 5.82 Å². The van der Waals surface area contributed by atoms with Crippen LogP contribution >= 0.6 is 11.6 Å². The summed E-state index contributed by atoms with van der Waals surface area (Å²) in [4.78, 5) is 20.5. The molecule has 0 saturated carbocycles. The molecule has 1 aromatic carbocycles. The maximum atomic E-state index is 13.3. The van der Waals surface area contributed by atoms with Gasteiger partial charge in [-0.15, -0.1) is 0 Å². The van der Waals surface area contributed by atoms with Crippen LogP contribution in [-0.4, -0.2) is 44.5 Å². The monoisotopic (exact) mass is 398 g/mol. The molecule has 2 aromatic heterocycles. The van der Waals surface area contributed by atoms with E-state index in [1.54, 1.807) is 6.07 Å². The van der Waals surface area contributed by atoms with Crippen LogP contribution in [0.2, 0.25) is 5.15 Å². The molecule has 0 aliphatic rings. The number of hydrogen-bond acceptors (Lipinski definition) is 4. The lowest BCUT2D eigenvalue weighted by atomic mass is 10.0. The highest BCUT2D eigenvalue weighted by molar-refractivity contribution is 6.29. The number of alkyl halides is 2. The van der Waals surface area contributed by atoms with Crippen molar-refractivity contribution in [3.63, 3.8) is 0 Å². The number of fused-ring (bicyclic) bond motifs is 1. The van der Waals surface area contributed by atoms with Crippen LogP contribution in [0.4, 0.5) is 19.1 Å². The molecule has 6 nitrogen and oxygen atoms in total. The molecule has 0 radical (unpaired) electrons. The third-order valence-electron chi connectivity index (χ3n) is 3.79. The van der Waals surface area contributed by atoms with Gasteiger partial charge in [0, 0.05) is 0 Å². The number of aliphatic hydroxyl groups is 1. The fourth-order valence-corrected chi connectivity index (χ4v) is 2.59. The summed E-state index contributed by atoms with van der Waals surface area (Å²) in [6.45, 7) is -2.83. The molecule has 2 heterocycles. The Labute approximate surface area is 156 Å². The van der Waals surface area contributed by atoms with Crippen molar-refractivity contribution in [3.8, 4) is 5.69 Å². The summed E-state index contributed by atoms with van der Waals surface area (Å²) < 4.78 is 40.2. The number of anilines is 1. The molecule has 3 rings (SSSR count). The van der Waals surface area contributed by atoms with Crippen molar-refractivity contribution in [2.75, 3.05) is 18.7 Å². The second-order valence-electron chi connectivity index (χ2n) is 5.94. The van der Waals surface area contributed by atoms with E-state index in [0.29, 0.717) is 11.2 Å². The predicted octanol–water partition coefficient (Wildman–Crippen LogP) is 3.21. The van der Waals surface area contributed by atoms with Crippen molar-refractivity contribution in [2.45, 2.75) is 12.0 Å². The molecule has 0 bridgehead atoms. The number of nitrogens with one attached hydrogen (secondary N) is 1. The number of nitrogens with zero attached hydrogens (tertiary/aromatic N) is 3. The van der Waals surface area contributed by atoms with E-state index in [9.17, 15) is 23.1 Å². The van der Waals surface area contributed by atoms with E-state index in [2.05, 4.69) is 15.3 Å². The van der Waals surface area contributed by atoms with Crippen LogP contribution in [0.1, 0.15) is 6.42 Å². The molecule has 2 N–H and O–H groups in total. The summed E-state index contributed by atoms with van der Waals surface area (Å²) in [7, 11) is 0. The number of rotatable bonds is 6. The average Bonchev–Trinajstić information content (AvgIpc) is 2.99. The molecule has 0 saturated heterocycles. The Morgan fingerprint density at radius 2 is 1.81 bits per heavy atom. The first-order valence-electron chi connectivity index (χ1n) is 7.80. The van der Waals surface area contributed by atoms with Gasteiger partial charge in [0.15, 0.2) is 5.65 Å². The molecular weight excluding hydrogens is 385 g/mol. The van der Waals surface area contributed by atoms with Crippen LogP contribution in [0.5, 0.6) is 0 Å². The predicted molar refractivity (Wildman–Crippen MR) is 94.0 cm³/mol. The van der Waals surface area contributed by atoms with Gasteiger partial charge in [-0.2, -0.15) is 0 Å². The Morgan fingerprint density at radius 1 is 1.15 bits per heavy atom. The van der Waals surface area contributed by atoms with Gasteiger partial charge >= 0.3 is 0 Å². The van der Waals surface area contributed by atoms with Crippen LogP contribution in [0.3, 0.4) is 0 Å². The molecule has 0 fully saturated rings. The lowest BCUT2D eigenvalue weighted by Crippen LogP contribution is -2.38. The summed E-state index contributed by atoms with van der Waals surface area (Å²) in [6, 6.07) is 8.37. The number of halogens is 4. The minimum absolute atomic E-state index is 0.0172. The summed E-state index contributed by atoms with van der Waals surface area (Å²) in [6.07, 6.45) is -0.805. The summed E-state index contributed by atoms with van der Waals surface area (Å²) in [5.74, 6) is -1.33. The highest BCUT2D eigenvalue weighted by atomic mass is 35.5. The van der Waals surface area contributed by atoms with E-state index in [4.69, 9.17) is 11.6 Å². The van der Waals surface area contributed by atoms with Crippen LogP contribution in [0.15, 0.2) is 36.4 Å². The standard InChI is InChI=1S/C17H14ClF3N4O2/c18-13-6-5-12-15(23-13)25(11-3-1-10(21)2-4-11)16(22-12)24-14(26)7-17(27,8-19)9-20/h1-6,27H,7-9H2,(H,22,24,26). The molecule has 142 valence electrons. The number of benzene rings is 1. The first kappa shape index (κ1) is 19.1. The zero-order valence-electron chi connectivity index (χ0n) is 13.8. The molecule has 10 heteroatoms. The van der Waals surface area contributed by atoms with Crippen molar-refractivity contribution in [2.24, 2.45) is 0 Å². The molecule has 0 aliphatic heterocycles. The molecule has 0 atom stereocenters. The van der Waals surface area contributed by atoms with Gasteiger partial charge < -0.3 is 5.11 Å². The zero-order valence-corrected chi connectivity index (χ0v) is 14.6. The SMILES string of the molecule is O=C(CC(O)(CF)CF)Nc1nc2ccc(Cl)nc2n1-c1ccc(F)cc1. The molecule has 1 amide bonds. The maximum Gasteiger partial charge on any atom is 0.229 e. The number of carbonyl (C=O) groups excluding carboxylic acids is 1. The minimum atomic E-state index is -2.40. The Morgan fingerprint density at radius 3 is 2.44 bits per heavy atom. The van der Waals surface area contributed by atoms with E-state index >= 15 is 0 Å². The average molecular weight is 399 g/mol. The Bertz CT molecular complexity index is 974. The minimum Gasteiger partial charge on any atom is -0.384 e. The quantitative estimate of drug-likeness (QED) is 0.625. The first-order chi connectivity index (χ1) is 12.8. The summed E-state index contributed by atoms with van der Waals surface area (Å²) >= 11 is 5.93. The Hall–Kier alpha value is -2.65. The van der Waals surface area contributed by atoms with Gasteiger partial charge in [0.05, 0.1) is 12.1 Å². The van der Waals surface area contributed by atoms with Crippen LogP contribution < -0.4 is 5.32 Å². The van der Waals surface area contributed by atoms with Crippen molar-refractivity contribution in [1.29, 1.82) is 0 Å². The summed E-state index contributed by atoms with van der Waals surface area (Å²) in [5.41, 5.74) is -1.31. The second kappa shape index (κ2) is 7.53. The van der Waals surface area contributed by atoms with Crippen molar-refractivity contribution in [3.05, 3.63) is 47.4 Å². The van der Waals surface area contributed by atoms with Gasteiger partial charge in [0.2, 0.25) is 11.9 Å². The Kier molecular flexibility index (Phi) is 5.33. The van der Waals surface area contributed by atoms with Gasteiger partial charge in [0.1, 0.15) is 35.4 Å². The Balaban J connectivity index is 2.03. The number of amides is 1. The smallest absolute Gasteiger partial charge is 0.229 e. The van der Waals surface area contributed by atoms with Gasteiger partial charge in [-0.05, 0) is 36.4 Å². The van der Waals surface area contributed by atoms with Gasteiger partial charge in [-0.25, -0.2) is 23.1 Å². The summed E-state index contributed by atoms with van der Waals surface area (Å²) in [5, 5.41) is 12.2. The molecule has 0 aliphatic carbocycles. The van der Waals surface area contributed by atoms with Gasteiger partial charge in [-0.3, -0.25) is 14.7 Å². The fraction of sp³-hybridized carbons (Fsp3) is 0.235. The third kappa shape index (κ3) is 4.04. The van der Waals surface area contributed by atoms with Crippen molar-refractivity contribution >= 4 is 34.6 Å². The molecular formula is C17H14ClF3N4O2. The van der Waals surface area contributed by atoms with E-state index < -0.39 is 37.1 Å². The molecule has 0 spiro atoms. The molecule has 3 aromatic rings. The van der Waals surface area contributed by atoms with E-state index in [1.165, 1.54) is 34.9 Å². The van der Waals surface area contributed by atoms with E-state index in [1.807, 2.05) is 0 Å². The van der Waals surface area contributed by atoms with E-state index in [0.717, 1.165) is 0 Å². The topological polar surface area (TPSA) is 80.0 Å². The van der Waals surface area contributed by atoms with Crippen molar-refractivity contribution < 1.29 is 23.1 Å². The number of pyridine rings is 1. The van der Waals surface area contributed by atoms with Crippen LogP contribution in [-0.2, 0) is 4.79 Å². The molecule has 27 heavy (non-hydrogen) atoms. The lowest BCUT2D eigenvalue weighted by Gasteiger charge is -2.20. The second-order valence-corrected chi connectivity index (χ2v) is 6.33. The van der Waals surface area contributed by atoms with Crippen LogP contribution in [0.25, 0.3) is 16.9 Å². The fourth-order valence-electron chi connectivity index (χ4n) is 2.45. The third-order valence-corrected chi connectivity index (χ3v) is 4.00. The highest BCUT2D eigenvalue weighted by Gasteiger charge is 2.31. The normalized spacial score (nSPS) is 11.7.